The Morgan fingerprint density at radius 1 is 1.12 bits per heavy atom. The van der Waals surface area contributed by atoms with Crippen molar-refractivity contribution in [2.45, 2.75) is 26.8 Å². The van der Waals surface area contributed by atoms with E-state index < -0.39 is 0 Å². The molecule has 1 aliphatic heterocycles. The Labute approximate surface area is 163 Å². The molecule has 1 aromatic carbocycles. The Morgan fingerprint density at radius 3 is 2.50 bits per heavy atom. The third kappa shape index (κ3) is 7.36. The minimum absolute atomic E-state index is 0. The summed E-state index contributed by atoms with van der Waals surface area (Å²) in [6.07, 6.45) is 1.05. The second-order valence-corrected chi connectivity index (χ2v) is 5.70. The van der Waals surface area contributed by atoms with Crippen molar-refractivity contribution in [1.29, 1.82) is 0 Å². The molecule has 0 radical (unpaired) electrons. The van der Waals surface area contributed by atoms with Gasteiger partial charge >= 0.3 is 0 Å². The number of rotatable bonds is 7. The number of hydrogen-bond donors (Lipinski definition) is 2. The molecular formula is C18H31IN4O. The molecule has 24 heavy (non-hydrogen) atoms. The van der Waals surface area contributed by atoms with E-state index in [1.165, 1.54) is 11.1 Å². The summed E-state index contributed by atoms with van der Waals surface area (Å²) in [6.45, 7) is 11.6. The summed E-state index contributed by atoms with van der Waals surface area (Å²) in [5.74, 6) is 0.895. The molecule has 0 amide bonds. The van der Waals surface area contributed by atoms with Gasteiger partial charge in [-0.1, -0.05) is 31.2 Å². The number of morpholine rings is 1. The number of halogens is 1. The highest BCUT2D eigenvalue weighted by Crippen LogP contribution is 2.10. The van der Waals surface area contributed by atoms with Gasteiger partial charge in [-0.05, 0) is 24.5 Å². The van der Waals surface area contributed by atoms with Gasteiger partial charge in [-0.2, -0.15) is 0 Å². The number of guanidine groups is 1. The third-order valence-electron chi connectivity index (χ3n) is 4.08. The minimum atomic E-state index is 0. The first-order chi connectivity index (χ1) is 11.3. The smallest absolute Gasteiger partial charge is 0.191 e. The quantitative estimate of drug-likeness (QED) is 0.383. The molecule has 0 aromatic heterocycles. The van der Waals surface area contributed by atoms with Crippen molar-refractivity contribution in [3.8, 4) is 0 Å². The summed E-state index contributed by atoms with van der Waals surface area (Å²) in [7, 11) is 0. The predicted octanol–water partition coefficient (Wildman–Crippen LogP) is 2.25. The zero-order valence-electron chi connectivity index (χ0n) is 14.9. The van der Waals surface area contributed by atoms with E-state index in [1.807, 2.05) is 0 Å². The molecule has 5 nitrogen and oxygen atoms in total. The van der Waals surface area contributed by atoms with Crippen LogP contribution in [0.5, 0.6) is 0 Å². The van der Waals surface area contributed by atoms with Crippen molar-refractivity contribution in [2.24, 2.45) is 4.99 Å². The van der Waals surface area contributed by atoms with E-state index in [2.05, 4.69) is 53.6 Å². The summed E-state index contributed by atoms with van der Waals surface area (Å²) in [5.41, 5.74) is 2.68. The molecule has 0 unspecified atom stereocenters. The number of benzene rings is 1. The van der Waals surface area contributed by atoms with Crippen LogP contribution >= 0.6 is 24.0 Å². The third-order valence-corrected chi connectivity index (χ3v) is 4.08. The van der Waals surface area contributed by atoms with Crippen molar-refractivity contribution in [3.63, 3.8) is 0 Å². The van der Waals surface area contributed by atoms with Crippen LogP contribution in [0.1, 0.15) is 25.0 Å². The maximum atomic E-state index is 5.38. The molecule has 6 heteroatoms. The highest BCUT2D eigenvalue weighted by molar-refractivity contribution is 14.0. The van der Waals surface area contributed by atoms with Crippen LogP contribution in [0.4, 0.5) is 0 Å². The van der Waals surface area contributed by atoms with Gasteiger partial charge in [-0.3, -0.25) is 4.90 Å². The first-order valence-electron chi connectivity index (χ1n) is 8.72. The molecular weight excluding hydrogens is 415 g/mol. The Bertz CT molecular complexity index is 490. The Hall–Kier alpha value is -0.860. The number of nitrogens with zero attached hydrogens (tertiary/aromatic N) is 2. The van der Waals surface area contributed by atoms with Crippen LogP contribution in [0.15, 0.2) is 29.3 Å². The van der Waals surface area contributed by atoms with Crippen molar-refractivity contribution >= 4 is 29.9 Å². The zero-order chi connectivity index (χ0) is 16.3. The first kappa shape index (κ1) is 21.2. The van der Waals surface area contributed by atoms with E-state index in [9.17, 15) is 0 Å². The van der Waals surface area contributed by atoms with E-state index in [0.717, 1.165) is 64.9 Å². The highest BCUT2D eigenvalue weighted by atomic mass is 127. The topological polar surface area (TPSA) is 48.9 Å². The van der Waals surface area contributed by atoms with Crippen LogP contribution in [0.2, 0.25) is 0 Å². The zero-order valence-corrected chi connectivity index (χ0v) is 17.2. The molecule has 136 valence electrons. The SMILES string of the molecule is CCNC(=NCc1ccccc1CC)NCCN1CCOCC1.I. The molecule has 0 atom stereocenters. The number of hydrogen-bond acceptors (Lipinski definition) is 3. The molecule has 0 saturated carbocycles. The molecule has 0 bridgehead atoms. The average molecular weight is 446 g/mol. The lowest BCUT2D eigenvalue weighted by Gasteiger charge is -2.26. The Kier molecular flexibility index (Phi) is 11.0. The van der Waals surface area contributed by atoms with Gasteiger partial charge < -0.3 is 15.4 Å². The molecule has 0 aliphatic carbocycles. The van der Waals surface area contributed by atoms with Gasteiger partial charge in [-0.25, -0.2) is 4.99 Å². The van der Waals surface area contributed by atoms with E-state index in [1.54, 1.807) is 0 Å². The lowest BCUT2D eigenvalue weighted by Crippen LogP contribution is -2.44. The van der Waals surface area contributed by atoms with Gasteiger partial charge in [0.2, 0.25) is 0 Å². The second kappa shape index (κ2) is 12.5. The van der Waals surface area contributed by atoms with Gasteiger partial charge in [0.1, 0.15) is 0 Å². The molecule has 2 N–H and O–H groups in total. The van der Waals surface area contributed by atoms with Gasteiger partial charge in [0.05, 0.1) is 19.8 Å². The second-order valence-electron chi connectivity index (χ2n) is 5.70. The fourth-order valence-electron chi connectivity index (χ4n) is 2.72. The van der Waals surface area contributed by atoms with E-state index in [0.29, 0.717) is 0 Å². The van der Waals surface area contributed by atoms with Gasteiger partial charge in [0, 0.05) is 32.7 Å². The lowest BCUT2D eigenvalue weighted by molar-refractivity contribution is 0.0389. The van der Waals surface area contributed by atoms with Crippen molar-refractivity contribution < 1.29 is 4.74 Å². The maximum absolute atomic E-state index is 5.38. The minimum Gasteiger partial charge on any atom is -0.379 e. The van der Waals surface area contributed by atoms with Crippen LogP contribution in [-0.4, -0.2) is 56.8 Å². The highest BCUT2D eigenvalue weighted by Gasteiger charge is 2.09. The molecule has 1 fully saturated rings. The van der Waals surface area contributed by atoms with Crippen LogP contribution in [0.25, 0.3) is 0 Å². The molecule has 0 spiro atoms. The fraction of sp³-hybridized carbons (Fsp3) is 0.611. The normalized spacial score (nSPS) is 15.7. The van der Waals surface area contributed by atoms with Crippen LogP contribution < -0.4 is 10.6 Å². The number of ether oxygens (including phenoxy) is 1. The van der Waals surface area contributed by atoms with E-state index in [-0.39, 0.29) is 24.0 Å². The Morgan fingerprint density at radius 2 is 1.83 bits per heavy atom. The summed E-state index contributed by atoms with van der Waals surface area (Å²) in [5, 5.41) is 6.76. The van der Waals surface area contributed by atoms with Crippen LogP contribution in [-0.2, 0) is 17.7 Å². The van der Waals surface area contributed by atoms with Crippen LogP contribution in [0.3, 0.4) is 0 Å². The molecule has 1 heterocycles. The summed E-state index contributed by atoms with van der Waals surface area (Å²) < 4.78 is 5.38. The molecule has 1 aromatic rings. The van der Waals surface area contributed by atoms with Gasteiger partial charge in [0.25, 0.3) is 0 Å². The maximum Gasteiger partial charge on any atom is 0.191 e. The number of aliphatic imine (C=N–C) groups is 1. The Balaban J connectivity index is 0.00000288. The van der Waals surface area contributed by atoms with E-state index in [4.69, 9.17) is 9.73 Å². The fourth-order valence-corrected chi connectivity index (χ4v) is 2.72. The molecule has 1 aliphatic rings. The monoisotopic (exact) mass is 446 g/mol. The number of nitrogens with one attached hydrogen (secondary N) is 2. The molecule has 1 saturated heterocycles. The van der Waals surface area contributed by atoms with Crippen molar-refractivity contribution in [3.05, 3.63) is 35.4 Å². The largest absolute Gasteiger partial charge is 0.379 e. The average Bonchev–Trinajstić information content (AvgIpc) is 2.61. The van der Waals surface area contributed by atoms with Gasteiger partial charge in [0.15, 0.2) is 5.96 Å². The summed E-state index contributed by atoms with van der Waals surface area (Å²) in [4.78, 5) is 7.15. The number of aryl methyl sites for hydroxylation is 1. The first-order valence-corrected chi connectivity index (χ1v) is 8.72. The van der Waals surface area contributed by atoms with E-state index >= 15 is 0 Å². The van der Waals surface area contributed by atoms with Crippen LogP contribution in [0, 0.1) is 0 Å². The summed E-state index contributed by atoms with van der Waals surface area (Å²) >= 11 is 0. The lowest BCUT2D eigenvalue weighted by atomic mass is 10.1. The van der Waals surface area contributed by atoms with Crippen molar-refractivity contribution in [2.75, 3.05) is 45.9 Å². The standard InChI is InChI=1S/C18H30N4O.HI/c1-3-16-7-5-6-8-17(16)15-21-18(19-4-2)20-9-10-22-11-13-23-14-12-22;/h5-8H,3-4,9-15H2,1-2H3,(H2,19,20,21);1H. The summed E-state index contributed by atoms with van der Waals surface area (Å²) in [6, 6.07) is 8.53. The molecule has 2 rings (SSSR count). The van der Waals surface area contributed by atoms with Crippen molar-refractivity contribution in [1.82, 2.24) is 15.5 Å². The predicted molar refractivity (Wildman–Crippen MR) is 111 cm³/mol. The van der Waals surface area contributed by atoms with Gasteiger partial charge in [-0.15, -0.1) is 24.0 Å².